The summed E-state index contributed by atoms with van der Waals surface area (Å²) in [5, 5.41) is 6.36. The quantitative estimate of drug-likeness (QED) is 0.450. The van der Waals surface area contributed by atoms with Gasteiger partial charge in [-0.1, -0.05) is 66.7 Å². The summed E-state index contributed by atoms with van der Waals surface area (Å²) in [5.74, 6) is -0.544. The first-order valence-corrected chi connectivity index (χ1v) is 12.4. The van der Waals surface area contributed by atoms with Crippen molar-refractivity contribution in [2.45, 2.75) is 29.8 Å². The van der Waals surface area contributed by atoms with Gasteiger partial charge in [-0.25, -0.2) is 12.4 Å². The van der Waals surface area contributed by atoms with Crippen LogP contribution in [0, 0.1) is 0 Å². The van der Waals surface area contributed by atoms with Crippen LogP contribution in [0.25, 0.3) is 10.9 Å². The lowest BCUT2D eigenvalue weighted by Gasteiger charge is -2.29. The van der Waals surface area contributed by atoms with Crippen molar-refractivity contribution in [3.8, 4) is 0 Å². The van der Waals surface area contributed by atoms with Gasteiger partial charge >= 0.3 is 0 Å². The van der Waals surface area contributed by atoms with Crippen molar-refractivity contribution in [3.05, 3.63) is 102 Å². The fraction of sp³-hybridized carbons (Fsp3) is 0.154. The lowest BCUT2D eigenvalue weighted by molar-refractivity contribution is -0.136. The summed E-state index contributed by atoms with van der Waals surface area (Å²) in [6.45, 7) is 0. The van der Waals surface area contributed by atoms with Crippen LogP contribution in [0.2, 0.25) is 0 Å². The van der Waals surface area contributed by atoms with Crippen LogP contribution in [-0.2, 0) is 32.5 Å². The van der Waals surface area contributed by atoms with Crippen LogP contribution in [0.15, 0.2) is 96.0 Å². The van der Waals surface area contributed by atoms with E-state index in [-0.39, 0.29) is 23.1 Å². The Hall–Kier alpha value is -3.91. The van der Waals surface area contributed by atoms with E-state index in [1.165, 1.54) is 3.97 Å². The summed E-state index contributed by atoms with van der Waals surface area (Å²) < 4.78 is 27.8. The SMILES string of the molecule is O=C1N[C@@H](Cc2cn(S(=O)(=O)c3ccccc3)c3ccccc23)C(=O)N[C@H]1Cc1ccccc1. The standard InChI is InChI=1S/C26H23N3O4S/c30-25-22(15-18-9-3-1-4-10-18)27-26(31)23(28-25)16-19-17-29(24-14-8-7-13-21(19)24)34(32,33)20-11-5-2-6-12-20/h1-14,17,22-23H,15-16H2,(H,27,31)(H,28,30)/t22-,23-/m0/s1. The topological polar surface area (TPSA) is 97.3 Å². The molecule has 2 atom stereocenters. The van der Waals surface area contributed by atoms with Crippen LogP contribution in [0.1, 0.15) is 11.1 Å². The summed E-state index contributed by atoms with van der Waals surface area (Å²) in [5.41, 5.74) is 2.14. The molecule has 2 N–H and O–H groups in total. The second-order valence-electron chi connectivity index (χ2n) is 8.30. The van der Waals surface area contributed by atoms with Crippen molar-refractivity contribution < 1.29 is 18.0 Å². The van der Waals surface area contributed by atoms with Crippen LogP contribution in [0.3, 0.4) is 0 Å². The number of aromatic nitrogens is 1. The van der Waals surface area contributed by atoms with Gasteiger partial charge < -0.3 is 10.6 Å². The highest BCUT2D eigenvalue weighted by Gasteiger charge is 2.34. The maximum atomic E-state index is 13.3. The van der Waals surface area contributed by atoms with Gasteiger partial charge in [0.25, 0.3) is 10.0 Å². The summed E-state index contributed by atoms with van der Waals surface area (Å²) in [6.07, 6.45) is 2.12. The molecule has 3 aromatic carbocycles. The molecule has 2 amide bonds. The van der Waals surface area contributed by atoms with E-state index in [4.69, 9.17) is 0 Å². The van der Waals surface area contributed by atoms with Crippen molar-refractivity contribution in [2.24, 2.45) is 0 Å². The number of piperazine rings is 1. The second-order valence-corrected chi connectivity index (χ2v) is 10.1. The normalized spacial score (nSPS) is 18.5. The number of hydrogen-bond donors (Lipinski definition) is 2. The van der Waals surface area contributed by atoms with Gasteiger partial charge in [-0.2, -0.15) is 0 Å². The Morgan fingerprint density at radius 3 is 1.94 bits per heavy atom. The van der Waals surface area contributed by atoms with E-state index >= 15 is 0 Å². The molecule has 1 aliphatic heterocycles. The zero-order valence-corrected chi connectivity index (χ0v) is 19.0. The minimum atomic E-state index is -3.82. The molecule has 0 unspecified atom stereocenters. The highest BCUT2D eigenvalue weighted by Crippen LogP contribution is 2.27. The third-order valence-electron chi connectivity index (χ3n) is 6.03. The van der Waals surface area contributed by atoms with Gasteiger partial charge in [-0.3, -0.25) is 9.59 Å². The van der Waals surface area contributed by atoms with Crippen molar-refractivity contribution in [1.82, 2.24) is 14.6 Å². The minimum absolute atomic E-state index is 0.174. The smallest absolute Gasteiger partial charge is 0.268 e. The average molecular weight is 474 g/mol. The van der Waals surface area contributed by atoms with E-state index in [0.29, 0.717) is 17.5 Å². The average Bonchev–Trinajstić information content (AvgIpc) is 3.23. The van der Waals surface area contributed by atoms with Gasteiger partial charge in [0, 0.05) is 24.4 Å². The molecule has 1 aliphatic rings. The van der Waals surface area contributed by atoms with Crippen LogP contribution in [-0.4, -0.2) is 36.3 Å². The van der Waals surface area contributed by atoms with E-state index < -0.39 is 22.1 Å². The molecule has 5 rings (SSSR count). The van der Waals surface area contributed by atoms with E-state index in [1.807, 2.05) is 42.5 Å². The van der Waals surface area contributed by atoms with Crippen LogP contribution < -0.4 is 10.6 Å². The monoisotopic (exact) mass is 473 g/mol. The number of hydrogen-bond acceptors (Lipinski definition) is 4. The Kier molecular flexibility index (Phi) is 5.67. The Morgan fingerprint density at radius 2 is 1.26 bits per heavy atom. The lowest BCUT2D eigenvalue weighted by Crippen LogP contribution is -2.62. The van der Waals surface area contributed by atoms with Crippen LogP contribution in [0.5, 0.6) is 0 Å². The number of nitrogens with zero attached hydrogens (tertiary/aromatic N) is 1. The van der Waals surface area contributed by atoms with Gasteiger partial charge in [-0.05, 0) is 29.3 Å². The number of carbonyl (C=O) groups is 2. The fourth-order valence-corrected chi connectivity index (χ4v) is 5.73. The molecule has 0 aliphatic carbocycles. The lowest BCUT2D eigenvalue weighted by atomic mass is 9.98. The number of fused-ring (bicyclic) bond motifs is 1. The van der Waals surface area contributed by atoms with Crippen LogP contribution in [0.4, 0.5) is 0 Å². The Labute approximate surface area is 197 Å². The van der Waals surface area contributed by atoms with Gasteiger partial charge in [0.05, 0.1) is 10.4 Å². The predicted molar refractivity (Wildman–Crippen MR) is 129 cm³/mol. The Morgan fingerprint density at radius 1 is 0.706 bits per heavy atom. The van der Waals surface area contributed by atoms with E-state index in [2.05, 4.69) is 10.6 Å². The first-order chi connectivity index (χ1) is 16.4. The molecule has 34 heavy (non-hydrogen) atoms. The third-order valence-corrected chi connectivity index (χ3v) is 7.72. The molecule has 8 heteroatoms. The van der Waals surface area contributed by atoms with Gasteiger partial charge in [0.2, 0.25) is 11.8 Å². The molecule has 2 heterocycles. The Bertz CT molecular complexity index is 1460. The molecule has 172 valence electrons. The first-order valence-electron chi connectivity index (χ1n) is 11.0. The molecule has 1 fully saturated rings. The van der Waals surface area contributed by atoms with Gasteiger partial charge in [0.1, 0.15) is 12.1 Å². The zero-order chi connectivity index (χ0) is 23.7. The molecule has 0 radical (unpaired) electrons. The second kappa shape index (κ2) is 8.79. The maximum Gasteiger partial charge on any atom is 0.268 e. The molecule has 7 nitrogen and oxygen atoms in total. The van der Waals surface area contributed by atoms with Crippen LogP contribution >= 0.6 is 0 Å². The molecule has 1 aromatic heterocycles. The number of nitrogens with one attached hydrogen (secondary N) is 2. The van der Waals surface area contributed by atoms with Crippen molar-refractivity contribution in [1.29, 1.82) is 0 Å². The number of benzene rings is 3. The summed E-state index contributed by atoms with van der Waals surface area (Å²) in [4.78, 5) is 25.8. The third kappa shape index (κ3) is 4.08. The fourth-order valence-electron chi connectivity index (χ4n) is 4.32. The van der Waals surface area contributed by atoms with Crippen molar-refractivity contribution in [3.63, 3.8) is 0 Å². The molecular formula is C26H23N3O4S. The summed E-state index contributed by atoms with van der Waals surface area (Å²) in [7, 11) is -3.82. The maximum absolute atomic E-state index is 13.3. The molecule has 4 aromatic rings. The Balaban J connectivity index is 1.42. The summed E-state index contributed by atoms with van der Waals surface area (Å²) >= 11 is 0. The van der Waals surface area contributed by atoms with Crippen molar-refractivity contribution in [2.75, 3.05) is 0 Å². The van der Waals surface area contributed by atoms with E-state index in [0.717, 1.165) is 10.9 Å². The largest absolute Gasteiger partial charge is 0.342 e. The van der Waals surface area contributed by atoms with E-state index in [9.17, 15) is 18.0 Å². The molecular weight excluding hydrogens is 450 g/mol. The first kappa shape index (κ1) is 21.9. The summed E-state index contributed by atoms with van der Waals surface area (Å²) in [6, 6.07) is 23.4. The predicted octanol–water partition coefficient (Wildman–Crippen LogP) is 2.65. The zero-order valence-electron chi connectivity index (χ0n) is 18.2. The highest BCUT2D eigenvalue weighted by atomic mass is 32.2. The van der Waals surface area contributed by atoms with Crippen molar-refractivity contribution >= 4 is 32.7 Å². The number of para-hydroxylation sites is 1. The van der Waals surface area contributed by atoms with Gasteiger partial charge in [0.15, 0.2) is 0 Å². The number of rotatable bonds is 6. The highest BCUT2D eigenvalue weighted by molar-refractivity contribution is 7.90. The van der Waals surface area contributed by atoms with Gasteiger partial charge in [-0.15, -0.1) is 0 Å². The molecule has 0 saturated carbocycles. The minimum Gasteiger partial charge on any atom is -0.342 e. The van der Waals surface area contributed by atoms with E-state index in [1.54, 1.807) is 48.7 Å². The number of carbonyl (C=O) groups excluding carboxylic acids is 2. The molecule has 0 bridgehead atoms. The molecule has 0 spiro atoms. The number of amides is 2. The molecule has 1 saturated heterocycles.